The van der Waals surface area contributed by atoms with E-state index in [4.69, 9.17) is 21.8 Å². The van der Waals surface area contributed by atoms with Crippen LogP contribution < -0.4 is 124 Å². The summed E-state index contributed by atoms with van der Waals surface area (Å²) in [7, 11) is -3.80. The van der Waals surface area contributed by atoms with Gasteiger partial charge in [0.2, 0.25) is 6.20 Å². The van der Waals surface area contributed by atoms with Crippen LogP contribution in [0.3, 0.4) is 0 Å². The summed E-state index contributed by atoms with van der Waals surface area (Å²) < 4.78 is 31.1. The van der Waals surface area contributed by atoms with Crippen LogP contribution in [0.15, 0.2) is 174 Å². The van der Waals surface area contributed by atoms with Gasteiger partial charge in [0.25, 0.3) is 12.2 Å². The number of halogens is 3. The summed E-state index contributed by atoms with van der Waals surface area (Å²) >= 11 is 9.47. The first kappa shape index (κ1) is 63.2. The number of nitrogens with two attached hydrogens (primary N) is 2. The largest absolute Gasteiger partial charge is 1.00 e. The second kappa shape index (κ2) is 32.4. The summed E-state index contributed by atoms with van der Waals surface area (Å²) in [6, 6.07) is 45.6. The van der Waals surface area contributed by atoms with Gasteiger partial charge in [-0.05, 0) is 115 Å². The van der Waals surface area contributed by atoms with Crippen molar-refractivity contribution in [2.24, 2.45) is 5.90 Å². The Balaban J connectivity index is 0.000000308. The number of aromatic nitrogens is 5. The Labute approximate surface area is 534 Å². The molecule has 73 heavy (non-hydrogen) atoms. The zero-order chi connectivity index (χ0) is 51.3. The average Bonchev–Trinajstić information content (AvgIpc) is 3.74. The number of nitrogens with zero attached hydrogens (tertiary/aromatic N) is 5. The van der Waals surface area contributed by atoms with E-state index in [1.807, 2.05) is 127 Å². The van der Waals surface area contributed by atoms with Gasteiger partial charge in [0, 0.05) is 84.0 Å². The van der Waals surface area contributed by atoms with Gasteiger partial charge in [0.15, 0.2) is 6.29 Å². The number of rotatable bonds is 4. The smallest absolute Gasteiger partial charge is 1.00 e. The van der Waals surface area contributed by atoms with Crippen LogP contribution in [0.2, 0.25) is 0 Å². The molecule has 0 aliphatic heterocycles. The second-order valence-electron chi connectivity index (χ2n) is 14.8. The molecule has 0 fully saturated rings. The SMILES string of the molecule is BrC#Cc1cc2ccccc2cn1.Brc1cc2cc3ccccc3cn2n1.Cc1cc(C)c(S(=O)(=O)ON)c(C)c1.N[n+]1cc2ccccc2cc1C#CBr.O=CO[O-].O=Cc1cc2ccccc2cn1.[H-].[K+].[K+]. The summed E-state index contributed by atoms with van der Waals surface area (Å²) in [6.07, 6.45) is 8.20. The zero-order valence-corrected chi connectivity index (χ0v) is 51.9. The number of benzene rings is 5. The molecule has 10 aromatic rings. The van der Waals surface area contributed by atoms with Crippen molar-refractivity contribution in [1.29, 1.82) is 0 Å². The van der Waals surface area contributed by atoms with Crippen molar-refractivity contribution in [2.75, 3.05) is 5.84 Å². The van der Waals surface area contributed by atoms with Crippen LogP contribution in [0.5, 0.6) is 0 Å². The quantitative estimate of drug-likeness (QED) is 0.0494. The molecule has 5 heterocycles. The Morgan fingerprint density at radius 1 is 0.685 bits per heavy atom. The topological polar surface area (TPSA) is 209 Å². The molecule has 0 radical (unpaired) electrons. The van der Waals surface area contributed by atoms with E-state index >= 15 is 0 Å². The Kier molecular flexibility index (Phi) is 28.0. The van der Waals surface area contributed by atoms with Crippen LogP contribution in [0.1, 0.15) is 40.0 Å². The molecule has 0 aliphatic rings. The maximum absolute atomic E-state index is 11.4. The normalized spacial score (nSPS) is 9.81. The number of fused-ring (bicyclic) bond motifs is 5. The molecule has 14 nitrogen and oxygen atoms in total. The van der Waals surface area contributed by atoms with E-state index < -0.39 is 10.1 Å². The minimum absolute atomic E-state index is 0. The molecule has 5 aromatic heterocycles. The predicted octanol–water partition coefficient (Wildman–Crippen LogP) is 3.53. The zero-order valence-electron chi connectivity index (χ0n) is 41.0. The number of carbonyl (C=O) groups is 2. The molecule has 10 rings (SSSR count). The maximum Gasteiger partial charge on any atom is 1.00 e. The minimum Gasteiger partial charge on any atom is -1.00 e. The molecule has 0 atom stereocenters. The summed E-state index contributed by atoms with van der Waals surface area (Å²) in [4.78, 5) is 35.2. The number of aryl methyl sites for hydroxylation is 3. The Morgan fingerprint density at radius 2 is 1.16 bits per heavy atom. The van der Waals surface area contributed by atoms with Crippen molar-refractivity contribution in [3.8, 4) is 21.5 Å². The molecule has 0 saturated heterocycles. The maximum atomic E-state index is 11.4. The average molecular weight is 1240 g/mol. The van der Waals surface area contributed by atoms with Crippen molar-refractivity contribution < 1.29 is 141 Å². The molecule has 5 aromatic carbocycles. The molecule has 0 spiro atoms. The Bertz CT molecular complexity index is 3670. The van der Waals surface area contributed by atoms with Crippen molar-refractivity contribution in [2.45, 2.75) is 25.7 Å². The molecular formula is C53H43Br3K2N7O7S+. The van der Waals surface area contributed by atoms with Gasteiger partial charge in [-0.1, -0.05) is 113 Å². The third kappa shape index (κ3) is 19.2. The van der Waals surface area contributed by atoms with Gasteiger partial charge in [0.05, 0.1) is 5.52 Å². The summed E-state index contributed by atoms with van der Waals surface area (Å²) in [5, 5.41) is 21.8. The Hall–Kier alpha value is -4.12. The van der Waals surface area contributed by atoms with E-state index in [1.165, 1.54) is 20.8 Å². The number of aldehydes is 1. The number of pyridine rings is 4. The fraction of sp³-hybridized carbons (Fsp3) is 0.0566. The first-order chi connectivity index (χ1) is 34.2. The van der Waals surface area contributed by atoms with E-state index in [-0.39, 0.29) is 116 Å². The van der Waals surface area contributed by atoms with Gasteiger partial charge in [-0.2, -0.15) is 23.7 Å². The third-order valence-corrected chi connectivity index (χ3v) is 12.1. The van der Waals surface area contributed by atoms with Crippen LogP contribution in [0.25, 0.3) is 48.6 Å². The Morgan fingerprint density at radius 3 is 1.68 bits per heavy atom. The summed E-state index contributed by atoms with van der Waals surface area (Å²) in [5.41, 5.74) is 5.46. The first-order valence-electron chi connectivity index (χ1n) is 20.8. The van der Waals surface area contributed by atoms with Crippen LogP contribution in [-0.2, 0) is 24.1 Å². The molecule has 360 valence electrons. The molecule has 0 amide bonds. The molecule has 0 aliphatic carbocycles. The van der Waals surface area contributed by atoms with Crippen LogP contribution >= 0.6 is 47.8 Å². The van der Waals surface area contributed by atoms with Crippen LogP contribution in [0, 0.1) is 42.3 Å². The van der Waals surface area contributed by atoms with Crippen LogP contribution in [0.4, 0.5) is 0 Å². The molecule has 20 heteroatoms. The van der Waals surface area contributed by atoms with Crippen molar-refractivity contribution in [1.82, 2.24) is 19.6 Å². The van der Waals surface area contributed by atoms with Crippen molar-refractivity contribution in [3.05, 3.63) is 203 Å². The summed E-state index contributed by atoms with van der Waals surface area (Å²) in [6.45, 7) is 5.15. The number of hydrogen-bond donors (Lipinski definition) is 2. The van der Waals surface area contributed by atoms with Crippen molar-refractivity contribution in [3.63, 3.8) is 0 Å². The number of nitrogen functional groups attached to an aromatic ring is 1. The van der Waals surface area contributed by atoms with Crippen molar-refractivity contribution >= 4 is 119 Å². The van der Waals surface area contributed by atoms with E-state index in [1.54, 1.807) is 38.2 Å². The number of carbonyl (C=O) groups excluding carboxylic acids is 2. The fourth-order valence-electron chi connectivity index (χ4n) is 6.96. The van der Waals surface area contributed by atoms with E-state index in [0.29, 0.717) is 16.8 Å². The summed E-state index contributed by atoms with van der Waals surface area (Å²) in [5.74, 6) is 16.2. The van der Waals surface area contributed by atoms with Gasteiger partial charge in [-0.25, -0.2) is 15.3 Å². The van der Waals surface area contributed by atoms with Gasteiger partial charge in [-0.15, -0.1) is 0 Å². The minimum atomic E-state index is -3.80. The predicted molar refractivity (Wildman–Crippen MR) is 287 cm³/mol. The van der Waals surface area contributed by atoms with Gasteiger partial charge in [-0.3, -0.25) is 14.6 Å². The molecule has 0 saturated carbocycles. The fourth-order valence-corrected chi connectivity index (χ4v) is 8.78. The monoisotopic (exact) mass is 1240 g/mol. The van der Waals surface area contributed by atoms with E-state index in [0.717, 1.165) is 60.3 Å². The molecular weight excluding hydrogens is 1200 g/mol. The number of hydrogen-bond acceptors (Lipinski definition) is 12. The third-order valence-electron chi connectivity index (χ3n) is 9.92. The van der Waals surface area contributed by atoms with Gasteiger partial charge < -0.3 is 11.6 Å². The van der Waals surface area contributed by atoms with E-state index in [2.05, 4.69) is 118 Å². The van der Waals surface area contributed by atoms with Gasteiger partial charge in [0.1, 0.15) is 20.9 Å². The van der Waals surface area contributed by atoms with Gasteiger partial charge >= 0.3 is 113 Å². The second-order valence-corrected chi connectivity index (χ2v) is 17.9. The van der Waals surface area contributed by atoms with Crippen LogP contribution in [-0.4, -0.2) is 40.8 Å². The van der Waals surface area contributed by atoms with E-state index in [9.17, 15) is 13.2 Å². The molecule has 4 N–H and O–H groups in total. The first-order valence-corrected chi connectivity index (χ1v) is 24.6. The standard InChI is InChI=1S/C11H7BrN2.C11H8BrN2.C11H6BrN.C10H7NO.C9H13NO3S.CH2O3.2K.H/c12-11-6-10-5-8-3-1-2-4-9(8)7-14(10)13-11;12-6-5-11-7-9-3-1-2-4-10(9)8-14(11)13;12-6-5-11-7-9-3-1-2-4-10(9)8-13-11;12-7-10-5-8-3-1-2-4-9(8)6-11-10;1-6-4-7(2)9(8(3)5-6)14(11,12)13-10;2-1-4-3;;;/h1-7H;1-4,7-8H,13H2;1-4,7-8H;1-7H;4-5H,10H2,1-3H3;1,3H;;;/q;+1;;;;;2*+1;-1/p-1. The molecule has 0 unspecified atom stereocenters. The molecule has 0 bridgehead atoms.